The SMILES string of the molecule is CCOC(=O)CC1(O)CCC(c2ccc(Cl)cc2)(c2ccc(Cl)cc2)OO1. The fourth-order valence-electron chi connectivity index (χ4n) is 3.15. The number of carbonyl (C=O) groups excluding carboxylic acids is 1. The topological polar surface area (TPSA) is 65.0 Å². The van der Waals surface area contributed by atoms with Crippen molar-refractivity contribution >= 4 is 29.2 Å². The Balaban J connectivity index is 1.90. The van der Waals surface area contributed by atoms with E-state index in [0.717, 1.165) is 11.1 Å². The van der Waals surface area contributed by atoms with Crippen molar-refractivity contribution in [3.8, 4) is 0 Å². The van der Waals surface area contributed by atoms with Crippen LogP contribution < -0.4 is 0 Å². The molecule has 27 heavy (non-hydrogen) atoms. The van der Waals surface area contributed by atoms with Gasteiger partial charge in [0.1, 0.15) is 6.42 Å². The second-order valence-electron chi connectivity index (χ2n) is 6.44. The van der Waals surface area contributed by atoms with Gasteiger partial charge in [-0.15, -0.1) is 0 Å². The number of benzene rings is 2. The van der Waals surface area contributed by atoms with Crippen LogP contribution in [0.25, 0.3) is 0 Å². The van der Waals surface area contributed by atoms with Crippen LogP contribution in [0.4, 0.5) is 0 Å². The highest BCUT2D eigenvalue weighted by Crippen LogP contribution is 2.45. The fourth-order valence-corrected chi connectivity index (χ4v) is 3.40. The predicted molar refractivity (Wildman–Crippen MR) is 101 cm³/mol. The summed E-state index contributed by atoms with van der Waals surface area (Å²) in [7, 11) is 0. The number of carbonyl (C=O) groups is 1. The van der Waals surface area contributed by atoms with E-state index in [4.69, 9.17) is 37.7 Å². The van der Waals surface area contributed by atoms with Gasteiger partial charge in [0.25, 0.3) is 0 Å². The quantitative estimate of drug-likeness (QED) is 0.575. The third kappa shape index (κ3) is 4.45. The zero-order valence-corrected chi connectivity index (χ0v) is 16.3. The Morgan fingerprint density at radius 1 is 1.00 bits per heavy atom. The van der Waals surface area contributed by atoms with Gasteiger partial charge in [-0.05, 0) is 48.7 Å². The van der Waals surface area contributed by atoms with Gasteiger partial charge in [0.2, 0.25) is 5.79 Å². The summed E-state index contributed by atoms with van der Waals surface area (Å²) < 4.78 is 4.89. The van der Waals surface area contributed by atoms with Crippen LogP contribution >= 0.6 is 23.2 Å². The molecule has 7 heteroatoms. The average Bonchev–Trinajstić information content (AvgIpc) is 2.64. The highest BCUT2D eigenvalue weighted by molar-refractivity contribution is 6.30. The Kier molecular flexibility index (Phi) is 6.08. The van der Waals surface area contributed by atoms with Crippen molar-refractivity contribution in [1.29, 1.82) is 0 Å². The lowest BCUT2D eigenvalue weighted by Gasteiger charge is -2.42. The maximum atomic E-state index is 11.7. The van der Waals surface area contributed by atoms with E-state index in [1.165, 1.54) is 0 Å². The second-order valence-corrected chi connectivity index (χ2v) is 7.31. The third-order valence-corrected chi connectivity index (χ3v) is 5.06. The van der Waals surface area contributed by atoms with Crippen molar-refractivity contribution in [3.05, 3.63) is 69.7 Å². The Morgan fingerprint density at radius 2 is 1.52 bits per heavy atom. The molecule has 1 heterocycles. The summed E-state index contributed by atoms with van der Waals surface area (Å²) in [4.78, 5) is 22.9. The summed E-state index contributed by atoms with van der Waals surface area (Å²) in [5.41, 5.74) is 0.663. The van der Waals surface area contributed by atoms with Gasteiger partial charge >= 0.3 is 5.97 Å². The molecule has 0 aliphatic carbocycles. The Hall–Kier alpha value is -1.63. The first kappa shape index (κ1) is 20.1. The number of hydrogen-bond acceptors (Lipinski definition) is 5. The zero-order valence-electron chi connectivity index (χ0n) is 14.8. The van der Waals surface area contributed by atoms with Gasteiger partial charge in [0.15, 0.2) is 5.60 Å². The minimum absolute atomic E-state index is 0.178. The lowest BCUT2D eigenvalue weighted by Crippen LogP contribution is -2.47. The molecule has 0 spiro atoms. The van der Waals surface area contributed by atoms with Crippen LogP contribution in [0.3, 0.4) is 0 Å². The van der Waals surface area contributed by atoms with Crippen molar-refractivity contribution in [2.24, 2.45) is 0 Å². The molecule has 5 nitrogen and oxygen atoms in total. The first-order valence-corrected chi connectivity index (χ1v) is 9.39. The number of esters is 1. The molecule has 144 valence electrons. The largest absolute Gasteiger partial charge is 0.466 e. The van der Waals surface area contributed by atoms with Gasteiger partial charge in [0.05, 0.1) is 6.61 Å². The molecule has 0 aromatic heterocycles. The maximum Gasteiger partial charge on any atom is 0.311 e. The Labute approximate surface area is 167 Å². The fraction of sp³-hybridized carbons (Fsp3) is 0.350. The number of halogens is 2. The lowest BCUT2D eigenvalue weighted by molar-refractivity contribution is -0.481. The molecular formula is C20H20Cl2O5. The summed E-state index contributed by atoms with van der Waals surface area (Å²) in [6, 6.07) is 14.4. The van der Waals surface area contributed by atoms with Gasteiger partial charge in [-0.25, -0.2) is 4.89 Å². The monoisotopic (exact) mass is 410 g/mol. The third-order valence-electron chi connectivity index (χ3n) is 4.55. The molecule has 1 aliphatic rings. The highest BCUT2D eigenvalue weighted by atomic mass is 35.5. The average molecular weight is 411 g/mol. The van der Waals surface area contributed by atoms with Crippen LogP contribution in [0.15, 0.2) is 48.5 Å². The smallest absolute Gasteiger partial charge is 0.311 e. The molecule has 0 saturated carbocycles. The molecule has 1 fully saturated rings. The van der Waals surface area contributed by atoms with Gasteiger partial charge in [0, 0.05) is 16.5 Å². The Morgan fingerprint density at radius 3 is 1.93 bits per heavy atom. The van der Waals surface area contributed by atoms with Crippen LogP contribution in [0.1, 0.15) is 37.3 Å². The summed E-state index contributed by atoms with van der Waals surface area (Å²) in [5.74, 6) is -2.29. The zero-order chi connectivity index (χ0) is 19.5. The van der Waals surface area contributed by atoms with Crippen molar-refractivity contribution in [3.63, 3.8) is 0 Å². The van der Waals surface area contributed by atoms with Gasteiger partial charge in [-0.3, -0.25) is 4.79 Å². The van der Waals surface area contributed by atoms with E-state index in [1.54, 1.807) is 31.2 Å². The van der Waals surface area contributed by atoms with Gasteiger partial charge < -0.3 is 9.84 Å². The first-order valence-electron chi connectivity index (χ1n) is 8.64. The van der Waals surface area contributed by atoms with E-state index in [9.17, 15) is 9.90 Å². The molecular weight excluding hydrogens is 391 g/mol. The number of aliphatic hydroxyl groups is 1. The summed E-state index contributed by atoms with van der Waals surface area (Å²) in [5, 5.41) is 11.8. The number of rotatable bonds is 5. The van der Waals surface area contributed by atoms with E-state index in [0.29, 0.717) is 16.5 Å². The van der Waals surface area contributed by atoms with E-state index < -0.39 is 17.4 Å². The van der Waals surface area contributed by atoms with Crippen LogP contribution in [0, 0.1) is 0 Å². The number of hydrogen-bond donors (Lipinski definition) is 1. The van der Waals surface area contributed by atoms with Crippen molar-refractivity contribution in [1.82, 2.24) is 0 Å². The van der Waals surface area contributed by atoms with Gasteiger partial charge in [-0.1, -0.05) is 47.5 Å². The highest BCUT2D eigenvalue weighted by Gasteiger charge is 2.48. The van der Waals surface area contributed by atoms with Crippen molar-refractivity contribution < 1.29 is 24.4 Å². The normalized spacial score (nSPS) is 21.6. The molecule has 1 unspecified atom stereocenters. The van der Waals surface area contributed by atoms with Crippen LogP contribution in [-0.2, 0) is 24.9 Å². The first-order chi connectivity index (χ1) is 12.9. The van der Waals surface area contributed by atoms with Crippen molar-refractivity contribution in [2.45, 2.75) is 37.6 Å². The maximum absolute atomic E-state index is 11.7. The number of ether oxygens (including phenoxy) is 1. The minimum Gasteiger partial charge on any atom is -0.466 e. The molecule has 1 N–H and O–H groups in total. The van der Waals surface area contributed by atoms with E-state index in [-0.39, 0.29) is 19.4 Å². The van der Waals surface area contributed by atoms with E-state index in [2.05, 4.69) is 0 Å². The molecule has 1 atom stereocenters. The standard InChI is InChI=1S/C20H20Cl2O5/c1-2-25-18(23)13-19(24)11-12-20(27-26-19,14-3-7-16(21)8-4-14)15-5-9-17(22)10-6-15/h3-10,24H,2,11-13H2,1H3. The van der Waals surface area contributed by atoms with E-state index >= 15 is 0 Å². The molecule has 1 saturated heterocycles. The second kappa shape index (κ2) is 8.17. The molecule has 0 radical (unpaired) electrons. The molecule has 2 aromatic rings. The van der Waals surface area contributed by atoms with Crippen LogP contribution in [0.2, 0.25) is 10.0 Å². The molecule has 1 aliphatic heterocycles. The van der Waals surface area contributed by atoms with E-state index in [1.807, 2.05) is 24.3 Å². The van der Waals surface area contributed by atoms with Crippen LogP contribution in [-0.4, -0.2) is 23.5 Å². The van der Waals surface area contributed by atoms with Gasteiger partial charge in [-0.2, -0.15) is 4.89 Å². The molecule has 2 aromatic carbocycles. The lowest BCUT2D eigenvalue weighted by atomic mass is 9.80. The predicted octanol–water partition coefficient (Wildman–Crippen LogP) is 4.62. The summed E-state index contributed by atoms with van der Waals surface area (Å²) in [6.45, 7) is 1.93. The summed E-state index contributed by atoms with van der Waals surface area (Å²) in [6.07, 6.45) is 0.251. The van der Waals surface area contributed by atoms with Crippen LogP contribution in [0.5, 0.6) is 0 Å². The molecule has 0 amide bonds. The molecule has 0 bridgehead atoms. The molecule has 3 rings (SSSR count). The Bertz CT molecular complexity index is 734. The summed E-state index contributed by atoms with van der Waals surface area (Å²) >= 11 is 12.0. The minimum atomic E-state index is -1.74. The van der Waals surface area contributed by atoms with Crippen molar-refractivity contribution in [2.75, 3.05) is 6.61 Å².